The van der Waals surface area contributed by atoms with Crippen molar-refractivity contribution in [2.24, 2.45) is 5.92 Å². The molecule has 6 heteroatoms. The van der Waals surface area contributed by atoms with Gasteiger partial charge in [0.2, 0.25) is 0 Å². The van der Waals surface area contributed by atoms with Crippen LogP contribution in [0.2, 0.25) is 0 Å². The summed E-state index contributed by atoms with van der Waals surface area (Å²) in [7, 11) is -3.27. The molecule has 0 aromatic heterocycles. The summed E-state index contributed by atoms with van der Waals surface area (Å²) in [6.45, 7) is 4.48. The first-order valence-electron chi connectivity index (χ1n) is 8.13. The molecule has 0 amide bonds. The summed E-state index contributed by atoms with van der Waals surface area (Å²) in [6.07, 6.45) is 8.00. The smallest absolute Gasteiger partial charge is 0.279 e. The van der Waals surface area contributed by atoms with Crippen LogP contribution in [-0.2, 0) is 10.2 Å². The van der Waals surface area contributed by atoms with E-state index in [1.165, 1.54) is 19.4 Å². The summed E-state index contributed by atoms with van der Waals surface area (Å²) in [5, 5.41) is 0. The van der Waals surface area contributed by atoms with Gasteiger partial charge in [-0.15, -0.1) is 0 Å². The first-order valence-corrected chi connectivity index (χ1v) is 9.57. The van der Waals surface area contributed by atoms with E-state index >= 15 is 0 Å². The minimum Gasteiger partial charge on any atom is -0.301 e. The molecule has 5 nitrogen and oxygen atoms in total. The quantitative estimate of drug-likeness (QED) is 0.829. The molecular formula is C14H27N3O2S. The Balaban J connectivity index is 1.50. The van der Waals surface area contributed by atoms with E-state index in [2.05, 4.69) is 9.62 Å². The second-order valence-corrected chi connectivity index (χ2v) is 8.33. The van der Waals surface area contributed by atoms with Crippen LogP contribution in [0.25, 0.3) is 0 Å². The number of nitrogens with zero attached hydrogens (tertiary/aromatic N) is 2. The lowest BCUT2D eigenvalue weighted by molar-refractivity contribution is 0.317. The Morgan fingerprint density at radius 1 is 0.950 bits per heavy atom. The van der Waals surface area contributed by atoms with Crippen LogP contribution < -0.4 is 4.72 Å². The summed E-state index contributed by atoms with van der Waals surface area (Å²) in [5.41, 5.74) is 0. The highest BCUT2D eigenvalue weighted by atomic mass is 32.2. The average molecular weight is 301 g/mol. The molecule has 0 unspecified atom stereocenters. The van der Waals surface area contributed by atoms with Crippen molar-refractivity contribution in [3.63, 3.8) is 0 Å². The number of nitrogens with one attached hydrogen (secondary N) is 1. The van der Waals surface area contributed by atoms with E-state index in [-0.39, 0.29) is 6.04 Å². The summed E-state index contributed by atoms with van der Waals surface area (Å²) in [4.78, 5) is 2.42. The van der Waals surface area contributed by atoms with Gasteiger partial charge in [-0.2, -0.15) is 17.4 Å². The molecule has 1 N–H and O–H groups in total. The number of hydrogen-bond donors (Lipinski definition) is 1. The van der Waals surface area contributed by atoms with Crippen molar-refractivity contribution in [1.82, 2.24) is 13.9 Å². The predicted molar refractivity (Wildman–Crippen MR) is 79.7 cm³/mol. The van der Waals surface area contributed by atoms with Crippen LogP contribution in [0.5, 0.6) is 0 Å². The largest absolute Gasteiger partial charge is 0.301 e. The Hall–Kier alpha value is -0.170. The van der Waals surface area contributed by atoms with E-state index in [4.69, 9.17) is 0 Å². The van der Waals surface area contributed by atoms with E-state index in [0.29, 0.717) is 13.1 Å². The van der Waals surface area contributed by atoms with Gasteiger partial charge < -0.3 is 4.90 Å². The molecule has 3 rings (SSSR count). The maximum absolute atomic E-state index is 12.4. The van der Waals surface area contributed by atoms with Gasteiger partial charge in [0.25, 0.3) is 10.2 Å². The van der Waals surface area contributed by atoms with Crippen LogP contribution in [0.4, 0.5) is 0 Å². The second kappa shape index (κ2) is 6.30. The Bertz CT molecular complexity index is 414. The van der Waals surface area contributed by atoms with E-state index in [0.717, 1.165) is 51.1 Å². The molecular weight excluding hydrogens is 274 g/mol. The monoisotopic (exact) mass is 301 g/mol. The lowest BCUT2D eigenvalue weighted by Gasteiger charge is -2.23. The Morgan fingerprint density at radius 2 is 1.65 bits per heavy atom. The number of likely N-dealkylation sites (tertiary alicyclic amines) is 1. The summed E-state index contributed by atoms with van der Waals surface area (Å²) >= 11 is 0. The maximum Gasteiger partial charge on any atom is 0.279 e. The van der Waals surface area contributed by atoms with Crippen molar-refractivity contribution in [2.45, 2.75) is 51.0 Å². The number of hydrogen-bond acceptors (Lipinski definition) is 3. The third-order valence-electron chi connectivity index (χ3n) is 4.71. The third kappa shape index (κ3) is 3.93. The molecule has 116 valence electrons. The van der Waals surface area contributed by atoms with Crippen molar-refractivity contribution >= 4 is 10.2 Å². The molecule has 3 fully saturated rings. The second-order valence-electron chi connectivity index (χ2n) is 6.62. The highest BCUT2D eigenvalue weighted by molar-refractivity contribution is 7.87. The third-order valence-corrected chi connectivity index (χ3v) is 6.38. The lowest BCUT2D eigenvalue weighted by atomic mass is 10.2. The summed E-state index contributed by atoms with van der Waals surface area (Å²) in [5.74, 6) is 0.885. The molecule has 0 aromatic rings. The normalized spacial score (nSPS) is 30.5. The van der Waals surface area contributed by atoms with Gasteiger partial charge in [0.05, 0.1) is 0 Å². The molecule has 1 aliphatic carbocycles. The molecule has 2 saturated heterocycles. The maximum atomic E-state index is 12.4. The first kappa shape index (κ1) is 14.8. The van der Waals surface area contributed by atoms with E-state index in [1.807, 2.05) is 0 Å². The van der Waals surface area contributed by atoms with Crippen LogP contribution in [0.1, 0.15) is 44.9 Å². The molecule has 3 aliphatic rings. The van der Waals surface area contributed by atoms with Crippen molar-refractivity contribution in [3.8, 4) is 0 Å². The minimum atomic E-state index is -3.27. The Morgan fingerprint density at radius 3 is 2.30 bits per heavy atom. The highest BCUT2D eigenvalue weighted by Gasteiger charge is 2.32. The van der Waals surface area contributed by atoms with Gasteiger partial charge >= 0.3 is 0 Å². The fraction of sp³-hybridized carbons (Fsp3) is 1.00. The van der Waals surface area contributed by atoms with Crippen LogP contribution in [-0.4, -0.2) is 56.4 Å². The van der Waals surface area contributed by atoms with Gasteiger partial charge in [0.15, 0.2) is 0 Å². The van der Waals surface area contributed by atoms with Crippen LogP contribution in [0, 0.1) is 5.92 Å². The number of rotatable bonds is 5. The first-order chi connectivity index (χ1) is 9.63. The zero-order valence-corrected chi connectivity index (χ0v) is 13.1. The van der Waals surface area contributed by atoms with Crippen LogP contribution >= 0.6 is 0 Å². The van der Waals surface area contributed by atoms with Gasteiger partial charge in [-0.1, -0.05) is 12.8 Å². The predicted octanol–water partition coefficient (Wildman–Crippen LogP) is 1.18. The van der Waals surface area contributed by atoms with Crippen molar-refractivity contribution in [2.75, 3.05) is 32.7 Å². The topological polar surface area (TPSA) is 52.7 Å². The Kier molecular flexibility index (Phi) is 4.65. The fourth-order valence-electron chi connectivity index (χ4n) is 3.33. The average Bonchev–Trinajstić information content (AvgIpc) is 3.15. The SMILES string of the molecule is O=S(=O)(N[C@H]1CCN(CC2CC2)C1)N1CCCCCC1. The van der Waals surface area contributed by atoms with Gasteiger partial charge in [0, 0.05) is 32.2 Å². The zero-order valence-electron chi connectivity index (χ0n) is 12.3. The van der Waals surface area contributed by atoms with Crippen LogP contribution in [0.3, 0.4) is 0 Å². The van der Waals surface area contributed by atoms with Crippen molar-refractivity contribution < 1.29 is 8.42 Å². The molecule has 1 saturated carbocycles. The molecule has 2 aliphatic heterocycles. The molecule has 0 radical (unpaired) electrons. The van der Waals surface area contributed by atoms with Crippen molar-refractivity contribution in [3.05, 3.63) is 0 Å². The molecule has 0 aromatic carbocycles. The molecule has 2 heterocycles. The fourth-order valence-corrected chi connectivity index (χ4v) is 4.83. The molecule has 20 heavy (non-hydrogen) atoms. The standard InChI is InChI=1S/C14H27N3O2S/c18-20(19,17-8-3-1-2-4-9-17)15-14-7-10-16(12-14)11-13-5-6-13/h13-15H,1-12H2/t14-/m0/s1. The van der Waals surface area contributed by atoms with Gasteiger partial charge in [-0.25, -0.2) is 0 Å². The van der Waals surface area contributed by atoms with Crippen LogP contribution in [0.15, 0.2) is 0 Å². The minimum absolute atomic E-state index is 0.113. The van der Waals surface area contributed by atoms with Gasteiger partial charge in [-0.05, 0) is 44.6 Å². The van der Waals surface area contributed by atoms with E-state index < -0.39 is 10.2 Å². The summed E-state index contributed by atoms with van der Waals surface area (Å²) in [6, 6.07) is 0.113. The molecule has 1 atom stereocenters. The van der Waals surface area contributed by atoms with Gasteiger partial charge in [-0.3, -0.25) is 0 Å². The molecule has 0 bridgehead atoms. The highest BCUT2D eigenvalue weighted by Crippen LogP contribution is 2.30. The Labute approximate surface area is 122 Å². The van der Waals surface area contributed by atoms with Crippen molar-refractivity contribution in [1.29, 1.82) is 0 Å². The van der Waals surface area contributed by atoms with E-state index in [1.54, 1.807) is 4.31 Å². The lowest BCUT2D eigenvalue weighted by Crippen LogP contribution is -2.46. The van der Waals surface area contributed by atoms with Gasteiger partial charge in [0.1, 0.15) is 0 Å². The summed E-state index contributed by atoms with van der Waals surface area (Å²) < 4.78 is 29.5. The molecule has 0 spiro atoms. The zero-order chi connectivity index (χ0) is 14.0. The van der Waals surface area contributed by atoms with E-state index in [9.17, 15) is 8.42 Å².